The normalized spacial score (nSPS) is 29.7. The summed E-state index contributed by atoms with van der Waals surface area (Å²) in [6, 6.07) is 10.0. The van der Waals surface area contributed by atoms with Crippen LogP contribution in [0.5, 0.6) is 0 Å². The Labute approximate surface area is 171 Å². The van der Waals surface area contributed by atoms with Crippen LogP contribution >= 0.6 is 11.6 Å². The van der Waals surface area contributed by atoms with E-state index in [1.807, 2.05) is 0 Å². The van der Waals surface area contributed by atoms with Crippen molar-refractivity contribution in [2.75, 3.05) is 37.4 Å². The molecule has 4 rings (SSSR count). The summed E-state index contributed by atoms with van der Waals surface area (Å²) in [5, 5.41) is 4.07. The second kappa shape index (κ2) is 7.51. The van der Waals surface area contributed by atoms with Gasteiger partial charge in [0.05, 0.1) is 8.22 Å². The summed E-state index contributed by atoms with van der Waals surface area (Å²) in [5.74, 6) is 0. The van der Waals surface area contributed by atoms with Crippen LogP contribution in [0, 0.1) is 0 Å². The minimum Gasteiger partial charge on any atom is -0.369 e. The number of hydrogen-bond donors (Lipinski definition) is 0. The molecule has 0 spiro atoms. The number of hydrogen-bond acceptors (Lipinski definition) is 4. The second-order valence-electron chi connectivity index (χ2n) is 5.45. The lowest BCUT2D eigenvalue weighted by Crippen LogP contribution is -2.46. The molecule has 0 amide bonds. The van der Waals surface area contributed by atoms with Gasteiger partial charge in [-0.05, 0) is 36.8 Å². The zero-order valence-electron chi connectivity index (χ0n) is 23.6. The topological polar surface area (TPSA) is 45.8 Å². The molecule has 1 aliphatic rings. The average Bonchev–Trinajstić information content (AvgIpc) is 3.10. The Hall–Kier alpha value is -2.31. The zero-order chi connectivity index (χ0) is 26.9. The van der Waals surface area contributed by atoms with Gasteiger partial charge in [0.2, 0.25) is 0 Å². The zero-order valence-corrected chi connectivity index (χ0v) is 14.3. The van der Waals surface area contributed by atoms with Gasteiger partial charge in [0.15, 0.2) is 5.65 Å². The maximum absolute atomic E-state index is 12.6. The van der Waals surface area contributed by atoms with Gasteiger partial charge in [0.25, 0.3) is 0 Å². The molecule has 136 valence electrons. The summed E-state index contributed by atoms with van der Waals surface area (Å²) in [7, 11) is 0. The Balaban J connectivity index is 1.73. The van der Waals surface area contributed by atoms with Crippen LogP contribution in [0.25, 0.3) is 5.65 Å². The minimum absolute atomic E-state index is 0.119. The molecule has 3 aromatic rings. The van der Waals surface area contributed by atoms with Crippen molar-refractivity contribution in [1.82, 2.24) is 19.1 Å². The van der Waals surface area contributed by atoms with Crippen LogP contribution in [-0.4, -0.2) is 51.6 Å². The molecular weight excluding hydrogens is 350 g/mol. The average molecular weight is 382 g/mol. The lowest BCUT2D eigenvalue weighted by Gasteiger charge is -2.36. The molecule has 6 nitrogen and oxygen atoms in total. The highest BCUT2D eigenvalue weighted by Gasteiger charge is 2.17. The van der Waals surface area contributed by atoms with E-state index in [4.69, 9.17) is 25.3 Å². The first-order valence-electron chi connectivity index (χ1n) is 12.9. The highest BCUT2D eigenvalue weighted by molar-refractivity contribution is 6.30. The number of aryl methyl sites for hydroxylation is 1. The number of halogens is 1. The van der Waals surface area contributed by atoms with E-state index >= 15 is 0 Å². The number of pyridine rings is 1. The van der Waals surface area contributed by atoms with Crippen molar-refractivity contribution in [3.05, 3.63) is 64.2 Å². The van der Waals surface area contributed by atoms with Crippen molar-refractivity contribution in [2.24, 2.45) is 0 Å². The molecule has 1 aliphatic heterocycles. The van der Waals surface area contributed by atoms with Crippen molar-refractivity contribution in [1.29, 1.82) is 0 Å². The van der Waals surface area contributed by atoms with Gasteiger partial charge in [-0.15, -0.1) is 5.10 Å². The van der Waals surface area contributed by atoms with Crippen LogP contribution in [0.15, 0.2) is 53.5 Å². The summed E-state index contributed by atoms with van der Waals surface area (Å²) in [4.78, 5) is 13.3. The molecule has 0 atom stereocenters. The van der Waals surface area contributed by atoms with Gasteiger partial charge in [-0.3, -0.25) is 9.30 Å². The monoisotopic (exact) mass is 381 g/mol. The maximum atomic E-state index is 12.6. The smallest absolute Gasteiger partial charge is 0.350 e. The van der Waals surface area contributed by atoms with Crippen LogP contribution in [0.4, 0.5) is 5.69 Å². The van der Waals surface area contributed by atoms with E-state index in [0.29, 0.717) is 14.5 Å². The number of benzene rings is 1. The van der Waals surface area contributed by atoms with Crippen molar-refractivity contribution in [2.45, 2.75) is 12.9 Å². The van der Waals surface area contributed by atoms with Gasteiger partial charge in [-0.2, -0.15) is 0 Å². The lowest BCUT2D eigenvalue weighted by molar-refractivity contribution is 0.248. The van der Waals surface area contributed by atoms with Crippen molar-refractivity contribution < 1.29 is 13.7 Å². The Morgan fingerprint density at radius 3 is 2.77 bits per heavy atom. The predicted molar refractivity (Wildman–Crippen MR) is 104 cm³/mol. The van der Waals surface area contributed by atoms with Gasteiger partial charge in [0, 0.05) is 61.4 Å². The van der Waals surface area contributed by atoms with Crippen LogP contribution in [-0.2, 0) is 6.50 Å². The van der Waals surface area contributed by atoms with Gasteiger partial charge < -0.3 is 4.90 Å². The molecule has 2 aromatic heterocycles. The van der Waals surface area contributed by atoms with Gasteiger partial charge >= 0.3 is 5.69 Å². The first-order valence-corrected chi connectivity index (χ1v) is 8.25. The minimum atomic E-state index is -3.15. The van der Waals surface area contributed by atoms with Crippen molar-refractivity contribution in [3.8, 4) is 0 Å². The largest absolute Gasteiger partial charge is 0.369 e. The Morgan fingerprint density at radius 1 is 1.15 bits per heavy atom. The summed E-state index contributed by atoms with van der Waals surface area (Å²) >= 11 is 5.97. The number of aromatic nitrogens is 3. The third-order valence-corrected chi connectivity index (χ3v) is 3.92. The lowest BCUT2D eigenvalue weighted by atomic mass is 10.2. The van der Waals surface area contributed by atoms with Crippen molar-refractivity contribution >= 4 is 22.9 Å². The molecule has 0 radical (unpaired) electrons. The molecule has 0 bridgehead atoms. The summed E-state index contributed by atoms with van der Waals surface area (Å²) < 4.78 is 86.6. The molecule has 7 heteroatoms. The van der Waals surface area contributed by atoms with E-state index in [1.54, 1.807) is 12.1 Å². The molecule has 0 saturated carbocycles. The molecule has 3 heterocycles. The highest BCUT2D eigenvalue weighted by atomic mass is 35.5. The standard InChI is InChI=1S/C19H22ClN5O/c20-16-5-3-6-17(15-16)23-13-11-22(12-14-23)8-4-10-25-19(26)24-9-2-1-7-18(24)21-25/h1-3,5-7,9,15H,4,8,10-14H2/i10D2,11D2,12D2,13D2,14D2. The van der Waals surface area contributed by atoms with Crippen LogP contribution in [0.3, 0.4) is 0 Å². The SMILES string of the molecule is [2H]C([2H])(CCN1C([2H])([2H])C([2H])([2H])N(c2cccc(Cl)c2)C([2H])([2H])C1([2H])[2H])n1nc2ccccn2c1=O. The fourth-order valence-electron chi connectivity index (χ4n) is 2.43. The van der Waals surface area contributed by atoms with Crippen LogP contribution < -0.4 is 10.6 Å². The maximum Gasteiger partial charge on any atom is 0.350 e. The summed E-state index contributed by atoms with van der Waals surface area (Å²) in [6.07, 6.45) is 0.700. The molecule has 1 fully saturated rings. The molecule has 1 saturated heterocycles. The number of anilines is 1. The molecule has 0 N–H and O–H groups in total. The molecular formula is C19H22ClN5O. The molecule has 0 unspecified atom stereocenters. The number of rotatable bonds is 5. The summed E-state index contributed by atoms with van der Waals surface area (Å²) in [6.45, 7) is -15.9. The third kappa shape index (κ3) is 3.61. The number of fused-ring (bicyclic) bond motifs is 1. The Kier molecular flexibility index (Phi) is 2.62. The van der Waals surface area contributed by atoms with Crippen molar-refractivity contribution in [3.63, 3.8) is 0 Å². The highest BCUT2D eigenvalue weighted by Crippen LogP contribution is 2.20. The fraction of sp³-hybridized carbons (Fsp3) is 0.368. The van der Waals surface area contributed by atoms with E-state index in [9.17, 15) is 4.79 Å². The third-order valence-electron chi connectivity index (χ3n) is 3.68. The molecule has 26 heavy (non-hydrogen) atoms. The van der Waals surface area contributed by atoms with Gasteiger partial charge in [0.1, 0.15) is 0 Å². The van der Waals surface area contributed by atoms with Gasteiger partial charge in [-0.25, -0.2) is 9.48 Å². The van der Waals surface area contributed by atoms with E-state index in [0.717, 1.165) is 4.40 Å². The van der Waals surface area contributed by atoms with Gasteiger partial charge in [-0.1, -0.05) is 23.7 Å². The van der Waals surface area contributed by atoms with Crippen LogP contribution in [0.1, 0.15) is 20.1 Å². The Morgan fingerprint density at radius 2 is 2.00 bits per heavy atom. The van der Waals surface area contributed by atoms with Crippen LogP contribution in [0.2, 0.25) is 5.02 Å². The van der Waals surface area contributed by atoms with E-state index < -0.39 is 51.1 Å². The second-order valence-corrected chi connectivity index (χ2v) is 5.88. The molecule has 1 aromatic carbocycles. The van der Waals surface area contributed by atoms with E-state index in [1.165, 1.54) is 36.5 Å². The van der Waals surface area contributed by atoms with E-state index in [-0.39, 0.29) is 16.4 Å². The summed E-state index contributed by atoms with van der Waals surface area (Å²) in [5.41, 5.74) is -0.811. The number of piperazine rings is 1. The molecule has 0 aliphatic carbocycles. The first-order chi connectivity index (χ1) is 16.5. The predicted octanol–water partition coefficient (Wildman–Crippen LogP) is 2.36. The Bertz CT molecular complexity index is 1330. The fourth-order valence-corrected chi connectivity index (χ4v) is 2.61. The first kappa shape index (κ1) is 9.06. The number of nitrogens with zero attached hydrogens (tertiary/aromatic N) is 5. The van der Waals surface area contributed by atoms with E-state index in [2.05, 4.69) is 5.10 Å². The quantitative estimate of drug-likeness (QED) is 0.680.